The molecule has 0 unspecified atom stereocenters. The van der Waals surface area contributed by atoms with E-state index >= 15 is 0 Å². The highest BCUT2D eigenvalue weighted by atomic mass is 16.5. The van der Waals surface area contributed by atoms with Crippen LogP contribution in [0.4, 0.5) is 0 Å². The van der Waals surface area contributed by atoms with Crippen molar-refractivity contribution < 1.29 is 9.47 Å². The van der Waals surface area contributed by atoms with Gasteiger partial charge in [0.25, 0.3) is 0 Å². The second-order valence-corrected chi connectivity index (χ2v) is 6.51. The van der Waals surface area contributed by atoms with Crippen molar-refractivity contribution in [1.29, 1.82) is 0 Å². The minimum absolute atomic E-state index is 0.612. The predicted molar refractivity (Wildman–Crippen MR) is 110 cm³/mol. The van der Waals surface area contributed by atoms with E-state index in [1.807, 2.05) is 36.4 Å². The molecule has 0 aliphatic heterocycles. The van der Waals surface area contributed by atoms with Crippen LogP contribution in [-0.2, 0) is 6.42 Å². The fourth-order valence-electron chi connectivity index (χ4n) is 3.48. The normalized spacial score (nSPS) is 12.6. The molecule has 0 amide bonds. The van der Waals surface area contributed by atoms with E-state index in [0.717, 1.165) is 24.5 Å². The molecule has 3 nitrogen and oxygen atoms in total. The molecular weight excluding hydrogens is 334 g/mol. The highest BCUT2D eigenvalue weighted by Gasteiger charge is 2.23. The van der Waals surface area contributed by atoms with Crippen LogP contribution in [0.2, 0.25) is 0 Å². The number of hydrogen-bond donors (Lipinski definition) is 1. The molecule has 3 heteroatoms. The number of fused-ring (bicyclic) bond motifs is 1. The summed E-state index contributed by atoms with van der Waals surface area (Å²) in [7, 11) is 1.71. The summed E-state index contributed by atoms with van der Waals surface area (Å²) in [6.45, 7) is 1.35. The lowest BCUT2D eigenvalue weighted by atomic mass is 10.0. The Kier molecular flexibility index (Phi) is 5.10. The second-order valence-electron chi connectivity index (χ2n) is 6.51. The van der Waals surface area contributed by atoms with E-state index in [9.17, 15) is 0 Å². The molecule has 0 radical (unpaired) electrons. The predicted octanol–water partition coefficient (Wildman–Crippen LogP) is 4.79. The van der Waals surface area contributed by atoms with Gasteiger partial charge in [-0.25, -0.2) is 0 Å². The summed E-state index contributed by atoms with van der Waals surface area (Å²) in [4.78, 5) is 0. The standard InChI is InChI=1S/C24H23NO2/c1-26-21-12-13-22-19(16-21)17-23(18-8-4-2-5-9-18)24(22)25-14-15-27-20-10-6-3-7-11-20/h2-13,16,25H,14-15,17H2,1H3. The summed E-state index contributed by atoms with van der Waals surface area (Å²) >= 11 is 0. The fourth-order valence-corrected chi connectivity index (χ4v) is 3.48. The van der Waals surface area contributed by atoms with Crippen molar-refractivity contribution in [3.05, 3.63) is 95.6 Å². The summed E-state index contributed by atoms with van der Waals surface area (Å²) in [6.07, 6.45) is 0.901. The Morgan fingerprint density at radius 3 is 2.33 bits per heavy atom. The van der Waals surface area contributed by atoms with Crippen molar-refractivity contribution in [3.63, 3.8) is 0 Å². The van der Waals surface area contributed by atoms with Crippen molar-refractivity contribution >= 4 is 11.3 Å². The summed E-state index contributed by atoms with van der Waals surface area (Å²) in [6, 6.07) is 26.8. The molecule has 0 bridgehead atoms. The molecule has 0 aromatic heterocycles. The van der Waals surface area contributed by atoms with E-state index in [4.69, 9.17) is 9.47 Å². The molecule has 0 atom stereocenters. The van der Waals surface area contributed by atoms with Crippen LogP contribution < -0.4 is 14.8 Å². The Morgan fingerprint density at radius 2 is 1.59 bits per heavy atom. The zero-order chi connectivity index (χ0) is 18.5. The molecule has 0 spiro atoms. The van der Waals surface area contributed by atoms with Crippen LogP contribution in [-0.4, -0.2) is 20.3 Å². The number of methoxy groups -OCH3 is 1. The van der Waals surface area contributed by atoms with Crippen LogP contribution in [0.15, 0.2) is 78.9 Å². The monoisotopic (exact) mass is 357 g/mol. The maximum atomic E-state index is 5.83. The number of nitrogens with one attached hydrogen (secondary N) is 1. The van der Waals surface area contributed by atoms with E-state index in [1.165, 1.54) is 28.0 Å². The van der Waals surface area contributed by atoms with Gasteiger partial charge in [-0.2, -0.15) is 0 Å². The Bertz CT molecular complexity index is 933. The first kappa shape index (κ1) is 17.2. The third kappa shape index (κ3) is 3.82. The van der Waals surface area contributed by atoms with Gasteiger partial charge >= 0.3 is 0 Å². The first-order valence-electron chi connectivity index (χ1n) is 9.23. The highest BCUT2D eigenvalue weighted by Crippen LogP contribution is 2.38. The molecule has 3 aromatic carbocycles. The molecule has 1 aliphatic carbocycles. The van der Waals surface area contributed by atoms with Gasteiger partial charge in [0.15, 0.2) is 0 Å². The zero-order valence-electron chi connectivity index (χ0n) is 15.4. The van der Waals surface area contributed by atoms with Gasteiger partial charge in [-0.3, -0.25) is 0 Å². The van der Waals surface area contributed by atoms with Crippen molar-refractivity contribution in [1.82, 2.24) is 5.32 Å². The lowest BCUT2D eigenvalue weighted by Gasteiger charge is -2.13. The Balaban J connectivity index is 1.54. The summed E-state index contributed by atoms with van der Waals surface area (Å²) in [5, 5.41) is 3.61. The number of benzene rings is 3. The zero-order valence-corrected chi connectivity index (χ0v) is 15.4. The topological polar surface area (TPSA) is 30.5 Å². The van der Waals surface area contributed by atoms with Crippen LogP contribution >= 0.6 is 0 Å². The van der Waals surface area contributed by atoms with Crippen molar-refractivity contribution in [2.24, 2.45) is 0 Å². The van der Waals surface area contributed by atoms with Crippen molar-refractivity contribution in [3.8, 4) is 11.5 Å². The molecule has 0 fully saturated rings. The minimum Gasteiger partial charge on any atom is -0.497 e. The largest absolute Gasteiger partial charge is 0.497 e. The Hall–Kier alpha value is -3.20. The van der Waals surface area contributed by atoms with Gasteiger partial charge in [0.1, 0.15) is 18.1 Å². The molecular formula is C24H23NO2. The van der Waals surface area contributed by atoms with E-state index in [1.54, 1.807) is 7.11 Å². The molecule has 3 aromatic rings. The van der Waals surface area contributed by atoms with E-state index < -0.39 is 0 Å². The Morgan fingerprint density at radius 1 is 0.852 bits per heavy atom. The first-order chi connectivity index (χ1) is 13.3. The Labute approximate surface area is 160 Å². The number of rotatable bonds is 7. The van der Waals surface area contributed by atoms with Crippen LogP contribution in [0.1, 0.15) is 16.7 Å². The highest BCUT2D eigenvalue weighted by molar-refractivity contribution is 5.96. The van der Waals surface area contributed by atoms with Gasteiger partial charge in [-0.05, 0) is 47.0 Å². The van der Waals surface area contributed by atoms with Gasteiger partial charge < -0.3 is 14.8 Å². The van der Waals surface area contributed by atoms with Crippen molar-refractivity contribution in [2.75, 3.05) is 20.3 Å². The van der Waals surface area contributed by atoms with Crippen molar-refractivity contribution in [2.45, 2.75) is 6.42 Å². The lowest BCUT2D eigenvalue weighted by Crippen LogP contribution is -2.20. The maximum absolute atomic E-state index is 5.83. The maximum Gasteiger partial charge on any atom is 0.119 e. The average Bonchev–Trinajstić information content (AvgIpc) is 3.10. The average molecular weight is 357 g/mol. The van der Waals surface area contributed by atoms with Crippen LogP contribution in [0.25, 0.3) is 11.3 Å². The minimum atomic E-state index is 0.612. The fraction of sp³-hybridized carbons (Fsp3) is 0.167. The van der Waals surface area contributed by atoms with E-state index in [2.05, 4.69) is 47.8 Å². The van der Waals surface area contributed by atoms with Crippen LogP contribution in [0.5, 0.6) is 11.5 Å². The van der Waals surface area contributed by atoms with Gasteiger partial charge in [0, 0.05) is 24.2 Å². The molecule has 0 saturated carbocycles. The summed E-state index contributed by atoms with van der Waals surface area (Å²) < 4.78 is 11.2. The van der Waals surface area contributed by atoms with Gasteiger partial charge in [0.05, 0.1) is 7.11 Å². The van der Waals surface area contributed by atoms with Crippen LogP contribution in [0, 0.1) is 0 Å². The van der Waals surface area contributed by atoms with Gasteiger partial charge in [0.2, 0.25) is 0 Å². The molecule has 0 heterocycles. The second kappa shape index (κ2) is 8.00. The van der Waals surface area contributed by atoms with Crippen LogP contribution in [0.3, 0.4) is 0 Å². The number of allylic oxidation sites excluding steroid dienone is 1. The number of para-hydroxylation sites is 1. The molecule has 4 rings (SSSR count). The molecule has 1 aliphatic rings. The molecule has 1 N–H and O–H groups in total. The molecule has 0 saturated heterocycles. The summed E-state index contributed by atoms with van der Waals surface area (Å²) in [5.74, 6) is 1.79. The first-order valence-corrected chi connectivity index (χ1v) is 9.23. The quantitative estimate of drug-likeness (QED) is 0.617. The van der Waals surface area contributed by atoms with E-state index in [-0.39, 0.29) is 0 Å². The summed E-state index contributed by atoms with van der Waals surface area (Å²) in [5.41, 5.74) is 6.29. The number of ether oxygens (including phenoxy) is 2. The van der Waals surface area contributed by atoms with E-state index in [0.29, 0.717) is 6.61 Å². The third-order valence-corrected chi connectivity index (χ3v) is 4.79. The smallest absolute Gasteiger partial charge is 0.119 e. The van der Waals surface area contributed by atoms with Gasteiger partial charge in [-0.1, -0.05) is 48.5 Å². The third-order valence-electron chi connectivity index (χ3n) is 4.79. The number of hydrogen-bond acceptors (Lipinski definition) is 3. The lowest BCUT2D eigenvalue weighted by molar-refractivity contribution is 0.321. The molecule has 27 heavy (non-hydrogen) atoms. The molecule has 136 valence electrons. The van der Waals surface area contributed by atoms with Gasteiger partial charge in [-0.15, -0.1) is 0 Å². The SMILES string of the molecule is COc1ccc2c(c1)CC(c1ccccc1)=C2NCCOc1ccccc1.